The number of nitrogens with one attached hydrogen (secondary N) is 1. The lowest BCUT2D eigenvalue weighted by Crippen LogP contribution is -2.39. The van der Waals surface area contributed by atoms with E-state index in [2.05, 4.69) is 5.32 Å². The zero-order valence-corrected chi connectivity index (χ0v) is 11.4. The molecule has 1 rings (SSSR count). The molecule has 1 aliphatic heterocycles. The summed E-state index contributed by atoms with van der Waals surface area (Å²) in [5.74, 6) is 0. The highest BCUT2D eigenvalue weighted by atomic mass is 32.2. The minimum atomic E-state index is -3.07. The average molecular weight is 248 g/mol. The van der Waals surface area contributed by atoms with Crippen LogP contribution in [-0.2, 0) is 10.0 Å². The van der Waals surface area contributed by atoms with Gasteiger partial charge >= 0.3 is 0 Å². The minimum Gasteiger partial charge on any atom is -0.314 e. The first-order chi connectivity index (χ1) is 7.44. The predicted octanol–water partition coefficient (Wildman–Crippen LogP) is 1.19. The van der Waals surface area contributed by atoms with Gasteiger partial charge in [-0.15, -0.1) is 0 Å². The van der Waals surface area contributed by atoms with Gasteiger partial charge in [-0.3, -0.25) is 0 Å². The summed E-state index contributed by atoms with van der Waals surface area (Å²) in [4.78, 5) is 0. The number of sulfonamides is 1. The molecular weight excluding hydrogens is 224 g/mol. The third-order valence-corrected chi connectivity index (χ3v) is 5.48. The van der Waals surface area contributed by atoms with Gasteiger partial charge in [-0.05, 0) is 39.7 Å². The zero-order chi connectivity index (χ0) is 12.2. The Bertz CT molecular complexity index is 295. The van der Waals surface area contributed by atoms with Gasteiger partial charge in [0.15, 0.2) is 0 Å². The fourth-order valence-corrected chi connectivity index (χ4v) is 3.07. The molecule has 0 saturated carbocycles. The second kappa shape index (κ2) is 5.98. The van der Waals surface area contributed by atoms with Gasteiger partial charge in [0.1, 0.15) is 0 Å². The van der Waals surface area contributed by atoms with Crippen molar-refractivity contribution >= 4 is 10.0 Å². The number of nitrogens with zero attached hydrogens (tertiary/aromatic N) is 1. The van der Waals surface area contributed by atoms with Crippen LogP contribution in [0, 0.1) is 0 Å². The van der Waals surface area contributed by atoms with E-state index in [0.717, 1.165) is 13.0 Å². The lowest BCUT2D eigenvalue weighted by Gasteiger charge is -2.26. The first-order valence-electron chi connectivity index (χ1n) is 6.13. The summed E-state index contributed by atoms with van der Waals surface area (Å²) in [7, 11) is -1.39. The number of piperidine rings is 1. The van der Waals surface area contributed by atoms with E-state index in [1.165, 1.54) is 23.6 Å². The standard InChI is InChI=1S/C11H24N2O2S/c1-10(2)16(14,15)13(3)9-7-11-6-4-5-8-12-11/h10-12H,4-9H2,1-3H3. The van der Waals surface area contributed by atoms with E-state index in [1.807, 2.05) is 0 Å². The number of hydrogen-bond acceptors (Lipinski definition) is 3. The topological polar surface area (TPSA) is 49.4 Å². The maximum atomic E-state index is 11.8. The van der Waals surface area contributed by atoms with Crippen molar-refractivity contribution in [1.82, 2.24) is 9.62 Å². The Morgan fingerprint density at radius 1 is 1.38 bits per heavy atom. The maximum Gasteiger partial charge on any atom is 0.216 e. The molecule has 0 aromatic rings. The Balaban J connectivity index is 2.37. The van der Waals surface area contributed by atoms with Crippen LogP contribution in [0.5, 0.6) is 0 Å². The highest BCUT2D eigenvalue weighted by molar-refractivity contribution is 7.89. The van der Waals surface area contributed by atoms with Gasteiger partial charge in [-0.2, -0.15) is 0 Å². The second-order valence-electron chi connectivity index (χ2n) is 4.85. The van der Waals surface area contributed by atoms with E-state index in [0.29, 0.717) is 12.6 Å². The predicted molar refractivity (Wildman–Crippen MR) is 66.9 cm³/mol. The molecule has 1 fully saturated rings. The Hall–Kier alpha value is -0.130. The van der Waals surface area contributed by atoms with Crippen LogP contribution in [-0.4, -0.2) is 44.2 Å². The van der Waals surface area contributed by atoms with Gasteiger partial charge in [0.25, 0.3) is 0 Å². The molecule has 1 aliphatic rings. The van der Waals surface area contributed by atoms with Gasteiger partial charge in [0.2, 0.25) is 10.0 Å². The Morgan fingerprint density at radius 3 is 2.56 bits per heavy atom. The normalized spacial score (nSPS) is 22.9. The van der Waals surface area contributed by atoms with Gasteiger partial charge in [-0.1, -0.05) is 6.42 Å². The third kappa shape index (κ3) is 3.71. The summed E-state index contributed by atoms with van der Waals surface area (Å²) in [5.41, 5.74) is 0. The van der Waals surface area contributed by atoms with Gasteiger partial charge in [0, 0.05) is 19.6 Å². The summed E-state index contributed by atoms with van der Waals surface area (Å²) >= 11 is 0. The summed E-state index contributed by atoms with van der Waals surface area (Å²) < 4.78 is 25.1. The maximum absolute atomic E-state index is 11.8. The van der Waals surface area contributed by atoms with E-state index in [-0.39, 0.29) is 5.25 Å². The third-order valence-electron chi connectivity index (χ3n) is 3.23. The Morgan fingerprint density at radius 2 is 2.06 bits per heavy atom. The van der Waals surface area contributed by atoms with Crippen LogP contribution < -0.4 is 5.32 Å². The molecule has 0 aromatic heterocycles. The lowest BCUT2D eigenvalue weighted by molar-refractivity contribution is 0.350. The van der Waals surface area contributed by atoms with Crippen LogP contribution in [0.4, 0.5) is 0 Å². The Labute approximate surface area is 99.5 Å². The van der Waals surface area contributed by atoms with Crippen molar-refractivity contribution in [1.29, 1.82) is 0 Å². The number of hydrogen-bond donors (Lipinski definition) is 1. The van der Waals surface area contributed by atoms with E-state index in [9.17, 15) is 8.42 Å². The fraction of sp³-hybridized carbons (Fsp3) is 1.00. The molecule has 1 N–H and O–H groups in total. The summed E-state index contributed by atoms with van der Waals surface area (Å²) in [6.45, 7) is 5.15. The number of rotatable bonds is 5. The first kappa shape index (κ1) is 13.9. The van der Waals surface area contributed by atoms with Crippen LogP contribution in [0.1, 0.15) is 39.5 Å². The van der Waals surface area contributed by atoms with Gasteiger partial charge in [-0.25, -0.2) is 12.7 Å². The van der Waals surface area contributed by atoms with Crippen LogP contribution >= 0.6 is 0 Å². The smallest absolute Gasteiger partial charge is 0.216 e. The SMILES string of the molecule is CC(C)S(=O)(=O)N(C)CCC1CCCCN1. The lowest BCUT2D eigenvalue weighted by atomic mass is 10.0. The van der Waals surface area contributed by atoms with Crippen molar-refractivity contribution in [2.45, 2.75) is 50.8 Å². The van der Waals surface area contributed by atoms with Crippen LogP contribution in [0.15, 0.2) is 0 Å². The molecule has 96 valence electrons. The highest BCUT2D eigenvalue weighted by Gasteiger charge is 2.23. The molecular formula is C11H24N2O2S. The van der Waals surface area contributed by atoms with Crippen molar-refractivity contribution in [3.8, 4) is 0 Å². The molecule has 1 atom stereocenters. The van der Waals surface area contributed by atoms with Crippen LogP contribution in [0.3, 0.4) is 0 Å². The summed E-state index contributed by atoms with van der Waals surface area (Å²) in [5, 5.41) is 3.11. The molecule has 0 aliphatic carbocycles. The zero-order valence-electron chi connectivity index (χ0n) is 10.6. The van der Waals surface area contributed by atoms with E-state index in [1.54, 1.807) is 20.9 Å². The van der Waals surface area contributed by atoms with Crippen LogP contribution in [0.2, 0.25) is 0 Å². The molecule has 0 radical (unpaired) electrons. The average Bonchev–Trinajstić information content (AvgIpc) is 2.27. The summed E-state index contributed by atoms with van der Waals surface area (Å²) in [6.07, 6.45) is 4.60. The van der Waals surface area contributed by atoms with Gasteiger partial charge < -0.3 is 5.32 Å². The second-order valence-corrected chi connectivity index (χ2v) is 7.45. The van der Waals surface area contributed by atoms with Crippen molar-refractivity contribution < 1.29 is 8.42 Å². The monoisotopic (exact) mass is 248 g/mol. The molecule has 5 heteroatoms. The fourth-order valence-electron chi connectivity index (χ4n) is 2.00. The molecule has 16 heavy (non-hydrogen) atoms. The Kier molecular flexibility index (Phi) is 5.21. The van der Waals surface area contributed by atoms with E-state index >= 15 is 0 Å². The van der Waals surface area contributed by atoms with Crippen molar-refractivity contribution in [3.63, 3.8) is 0 Å². The van der Waals surface area contributed by atoms with Crippen molar-refractivity contribution in [2.24, 2.45) is 0 Å². The molecule has 1 heterocycles. The minimum absolute atomic E-state index is 0.322. The molecule has 1 saturated heterocycles. The van der Waals surface area contributed by atoms with Gasteiger partial charge in [0.05, 0.1) is 5.25 Å². The molecule has 4 nitrogen and oxygen atoms in total. The van der Waals surface area contributed by atoms with Crippen LogP contribution in [0.25, 0.3) is 0 Å². The molecule has 0 spiro atoms. The van der Waals surface area contributed by atoms with Crippen molar-refractivity contribution in [2.75, 3.05) is 20.1 Å². The highest BCUT2D eigenvalue weighted by Crippen LogP contribution is 2.12. The van der Waals surface area contributed by atoms with Crippen molar-refractivity contribution in [3.05, 3.63) is 0 Å². The molecule has 0 aromatic carbocycles. The quantitative estimate of drug-likeness (QED) is 0.795. The molecule has 0 amide bonds. The first-order valence-corrected chi connectivity index (χ1v) is 7.63. The molecule has 0 bridgehead atoms. The largest absolute Gasteiger partial charge is 0.314 e. The van der Waals surface area contributed by atoms with E-state index < -0.39 is 10.0 Å². The summed E-state index contributed by atoms with van der Waals surface area (Å²) in [6, 6.07) is 0.499. The van der Waals surface area contributed by atoms with E-state index in [4.69, 9.17) is 0 Å². The molecule has 1 unspecified atom stereocenters.